The molecule has 136 valence electrons. The van der Waals surface area contributed by atoms with E-state index in [-0.39, 0.29) is 16.9 Å². The van der Waals surface area contributed by atoms with Gasteiger partial charge in [0.15, 0.2) is 5.11 Å². The average Bonchev–Trinajstić information content (AvgIpc) is 2.58. The van der Waals surface area contributed by atoms with Gasteiger partial charge >= 0.3 is 0 Å². The van der Waals surface area contributed by atoms with Crippen molar-refractivity contribution >= 4 is 56.4 Å². The van der Waals surface area contributed by atoms with Crippen LogP contribution in [0.2, 0.25) is 0 Å². The van der Waals surface area contributed by atoms with Crippen LogP contribution in [0.5, 0.6) is 5.75 Å². The standard InChI is InChI=1S/C18H18BrN3O3S/c1-3-25-16-9-4-12(10-15(16)19)17(24)22-18(26)21-14-7-5-13(6-8-14)20-11(2)23/h4-10H,3H2,1-2H3,(H,20,23)(H2,21,22,24,26). The largest absolute Gasteiger partial charge is 0.493 e. The number of carbonyl (C=O) groups excluding carboxylic acids is 2. The Hall–Kier alpha value is -2.45. The van der Waals surface area contributed by atoms with Gasteiger partial charge in [-0.05, 0) is 77.5 Å². The SMILES string of the molecule is CCOc1ccc(C(=O)NC(=S)Nc2ccc(NC(C)=O)cc2)cc1Br. The van der Waals surface area contributed by atoms with E-state index in [1.54, 1.807) is 42.5 Å². The van der Waals surface area contributed by atoms with Crippen molar-refractivity contribution in [1.29, 1.82) is 0 Å². The van der Waals surface area contributed by atoms with Crippen molar-refractivity contribution in [3.63, 3.8) is 0 Å². The average molecular weight is 436 g/mol. The number of amides is 2. The van der Waals surface area contributed by atoms with Crippen LogP contribution in [0.15, 0.2) is 46.9 Å². The molecular weight excluding hydrogens is 418 g/mol. The Bertz CT molecular complexity index is 825. The smallest absolute Gasteiger partial charge is 0.257 e. The van der Waals surface area contributed by atoms with Crippen LogP contribution in [0, 0.1) is 0 Å². The zero-order chi connectivity index (χ0) is 19.1. The molecule has 8 heteroatoms. The van der Waals surface area contributed by atoms with Crippen LogP contribution in [0.3, 0.4) is 0 Å². The van der Waals surface area contributed by atoms with E-state index in [0.717, 1.165) is 0 Å². The highest BCUT2D eigenvalue weighted by atomic mass is 79.9. The van der Waals surface area contributed by atoms with E-state index in [1.807, 2.05) is 6.92 Å². The van der Waals surface area contributed by atoms with Crippen LogP contribution in [0.25, 0.3) is 0 Å². The molecule has 0 aliphatic heterocycles. The van der Waals surface area contributed by atoms with E-state index in [4.69, 9.17) is 17.0 Å². The Morgan fingerprint density at radius 2 is 1.69 bits per heavy atom. The molecule has 2 aromatic carbocycles. The third kappa shape index (κ3) is 5.82. The Labute approximate surface area is 165 Å². The van der Waals surface area contributed by atoms with Crippen LogP contribution in [-0.2, 0) is 4.79 Å². The van der Waals surface area contributed by atoms with Gasteiger partial charge in [-0.25, -0.2) is 0 Å². The fraction of sp³-hybridized carbons (Fsp3) is 0.167. The predicted molar refractivity (Wildman–Crippen MR) is 110 cm³/mol. The number of anilines is 2. The number of hydrogen-bond acceptors (Lipinski definition) is 4. The molecule has 0 aliphatic rings. The lowest BCUT2D eigenvalue weighted by Crippen LogP contribution is -2.34. The highest BCUT2D eigenvalue weighted by Crippen LogP contribution is 2.26. The van der Waals surface area contributed by atoms with Crippen molar-refractivity contribution in [2.75, 3.05) is 17.2 Å². The molecule has 0 unspecified atom stereocenters. The molecule has 0 saturated carbocycles. The first-order valence-corrected chi connectivity index (χ1v) is 9.01. The van der Waals surface area contributed by atoms with Gasteiger partial charge in [-0.3, -0.25) is 14.9 Å². The van der Waals surface area contributed by atoms with Crippen LogP contribution in [-0.4, -0.2) is 23.5 Å². The predicted octanol–water partition coefficient (Wildman–Crippen LogP) is 3.93. The van der Waals surface area contributed by atoms with Gasteiger partial charge < -0.3 is 15.4 Å². The van der Waals surface area contributed by atoms with E-state index < -0.39 is 0 Å². The van der Waals surface area contributed by atoms with E-state index in [9.17, 15) is 9.59 Å². The fourth-order valence-electron chi connectivity index (χ4n) is 2.09. The minimum Gasteiger partial charge on any atom is -0.493 e. The lowest BCUT2D eigenvalue weighted by atomic mass is 10.2. The summed E-state index contributed by atoms with van der Waals surface area (Å²) in [6, 6.07) is 12.0. The van der Waals surface area contributed by atoms with Crippen LogP contribution >= 0.6 is 28.1 Å². The first-order chi connectivity index (χ1) is 12.4. The Balaban J connectivity index is 1.95. The van der Waals surface area contributed by atoms with Gasteiger partial charge in [-0.1, -0.05) is 0 Å². The molecule has 0 spiro atoms. The van der Waals surface area contributed by atoms with Gasteiger partial charge in [0.2, 0.25) is 5.91 Å². The third-order valence-electron chi connectivity index (χ3n) is 3.18. The first kappa shape index (κ1) is 19.9. The van der Waals surface area contributed by atoms with E-state index in [1.165, 1.54) is 6.92 Å². The number of rotatable bonds is 5. The zero-order valence-corrected chi connectivity index (χ0v) is 16.7. The zero-order valence-electron chi connectivity index (χ0n) is 14.3. The molecule has 0 aromatic heterocycles. The van der Waals surface area contributed by atoms with E-state index in [2.05, 4.69) is 31.9 Å². The summed E-state index contributed by atoms with van der Waals surface area (Å²) < 4.78 is 6.12. The molecular formula is C18H18BrN3O3S. The van der Waals surface area contributed by atoms with Crippen molar-refractivity contribution in [3.05, 3.63) is 52.5 Å². The van der Waals surface area contributed by atoms with Gasteiger partial charge in [0.1, 0.15) is 5.75 Å². The molecule has 0 heterocycles. The van der Waals surface area contributed by atoms with Gasteiger partial charge in [-0.2, -0.15) is 0 Å². The first-order valence-electron chi connectivity index (χ1n) is 7.81. The molecule has 0 fully saturated rings. The summed E-state index contributed by atoms with van der Waals surface area (Å²) in [5.74, 6) is 0.195. The topological polar surface area (TPSA) is 79.5 Å². The molecule has 0 saturated heterocycles. The summed E-state index contributed by atoms with van der Waals surface area (Å²) >= 11 is 8.54. The summed E-state index contributed by atoms with van der Waals surface area (Å²) in [6.07, 6.45) is 0. The maximum absolute atomic E-state index is 12.3. The van der Waals surface area contributed by atoms with Crippen molar-refractivity contribution < 1.29 is 14.3 Å². The second-order valence-electron chi connectivity index (χ2n) is 5.24. The summed E-state index contributed by atoms with van der Waals surface area (Å²) in [5, 5.41) is 8.39. The molecule has 2 amide bonds. The number of nitrogens with one attached hydrogen (secondary N) is 3. The van der Waals surface area contributed by atoms with Gasteiger partial charge in [0.05, 0.1) is 11.1 Å². The third-order valence-corrected chi connectivity index (χ3v) is 4.01. The van der Waals surface area contributed by atoms with Crippen molar-refractivity contribution in [2.45, 2.75) is 13.8 Å². The number of carbonyl (C=O) groups is 2. The number of thiocarbonyl (C=S) groups is 1. The minimum atomic E-state index is -0.332. The van der Waals surface area contributed by atoms with Crippen molar-refractivity contribution in [2.24, 2.45) is 0 Å². The molecule has 6 nitrogen and oxygen atoms in total. The summed E-state index contributed by atoms with van der Waals surface area (Å²) in [7, 11) is 0. The normalized spacial score (nSPS) is 9.96. The van der Waals surface area contributed by atoms with Crippen LogP contribution in [0.1, 0.15) is 24.2 Å². The number of ether oxygens (including phenoxy) is 1. The highest BCUT2D eigenvalue weighted by molar-refractivity contribution is 9.10. The van der Waals surface area contributed by atoms with Crippen molar-refractivity contribution in [3.8, 4) is 5.75 Å². The fourth-order valence-corrected chi connectivity index (χ4v) is 2.80. The molecule has 0 radical (unpaired) electrons. The highest BCUT2D eigenvalue weighted by Gasteiger charge is 2.11. The van der Waals surface area contributed by atoms with Crippen molar-refractivity contribution in [1.82, 2.24) is 5.32 Å². The summed E-state index contributed by atoms with van der Waals surface area (Å²) in [4.78, 5) is 23.3. The quantitative estimate of drug-likeness (QED) is 0.619. The van der Waals surface area contributed by atoms with Gasteiger partial charge in [0.25, 0.3) is 5.91 Å². The Kier molecular flexibility index (Phi) is 7.11. The summed E-state index contributed by atoms with van der Waals surface area (Å²) in [6.45, 7) is 3.87. The van der Waals surface area contributed by atoms with Gasteiger partial charge in [0, 0.05) is 23.9 Å². The monoisotopic (exact) mass is 435 g/mol. The Morgan fingerprint density at radius 1 is 1.08 bits per heavy atom. The van der Waals surface area contributed by atoms with E-state index in [0.29, 0.717) is 33.8 Å². The van der Waals surface area contributed by atoms with E-state index >= 15 is 0 Å². The summed E-state index contributed by atoms with van der Waals surface area (Å²) in [5.41, 5.74) is 1.82. The number of halogens is 1. The number of hydrogen-bond donors (Lipinski definition) is 3. The molecule has 2 rings (SSSR count). The molecule has 3 N–H and O–H groups in total. The molecule has 0 aliphatic carbocycles. The maximum atomic E-state index is 12.3. The second-order valence-corrected chi connectivity index (χ2v) is 6.51. The van der Waals surface area contributed by atoms with Crippen LogP contribution in [0.4, 0.5) is 11.4 Å². The molecule has 0 atom stereocenters. The lowest BCUT2D eigenvalue weighted by Gasteiger charge is -2.11. The molecule has 0 bridgehead atoms. The minimum absolute atomic E-state index is 0.144. The Morgan fingerprint density at radius 3 is 2.23 bits per heavy atom. The maximum Gasteiger partial charge on any atom is 0.257 e. The number of benzene rings is 2. The molecule has 26 heavy (non-hydrogen) atoms. The van der Waals surface area contributed by atoms with Crippen LogP contribution < -0.4 is 20.7 Å². The van der Waals surface area contributed by atoms with Gasteiger partial charge in [-0.15, -0.1) is 0 Å². The molecule has 2 aromatic rings. The lowest BCUT2D eigenvalue weighted by molar-refractivity contribution is -0.114. The second kappa shape index (κ2) is 9.30.